The summed E-state index contributed by atoms with van der Waals surface area (Å²) in [5.41, 5.74) is 3.65. The van der Waals surface area contributed by atoms with Gasteiger partial charge in [0, 0.05) is 38.6 Å². The summed E-state index contributed by atoms with van der Waals surface area (Å²) >= 11 is 0. The number of carbonyl (C=O) groups is 1. The molecule has 1 N–H and O–H groups in total. The van der Waals surface area contributed by atoms with Crippen molar-refractivity contribution in [1.82, 2.24) is 14.8 Å². The summed E-state index contributed by atoms with van der Waals surface area (Å²) in [5, 5.41) is 10.5. The Morgan fingerprint density at radius 2 is 2.00 bits per heavy atom. The Bertz CT molecular complexity index is 750. The van der Waals surface area contributed by atoms with Crippen molar-refractivity contribution < 1.29 is 9.90 Å². The van der Waals surface area contributed by atoms with Crippen LogP contribution in [0.5, 0.6) is 0 Å². The summed E-state index contributed by atoms with van der Waals surface area (Å²) in [5.74, 6) is 0.0620. The molecule has 1 fully saturated rings. The maximum Gasteiger partial charge on any atom is 0.227 e. The Labute approximate surface area is 147 Å². The number of likely N-dealkylation sites (tertiary alicyclic amines) is 1. The van der Waals surface area contributed by atoms with Gasteiger partial charge in [-0.25, -0.2) is 0 Å². The van der Waals surface area contributed by atoms with Crippen LogP contribution in [0.15, 0.2) is 48.8 Å². The summed E-state index contributed by atoms with van der Waals surface area (Å²) in [7, 11) is 0. The number of rotatable bonds is 3. The number of nitrogens with zero attached hydrogens (tertiary/aromatic N) is 3. The van der Waals surface area contributed by atoms with E-state index < -0.39 is 6.10 Å². The largest absolute Gasteiger partial charge is 0.390 e. The minimum absolute atomic E-state index is 0.0196. The van der Waals surface area contributed by atoms with Crippen LogP contribution >= 0.6 is 0 Å². The summed E-state index contributed by atoms with van der Waals surface area (Å²) in [4.78, 5) is 20.7. The number of fused-ring (bicyclic) bond motifs is 1. The number of hydrogen-bond acceptors (Lipinski definition) is 4. The lowest BCUT2D eigenvalue weighted by molar-refractivity contribution is -0.129. The molecule has 130 valence electrons. The minimum Gasteiger partial charge on any atom is -0.390 e. The van der Waals surface area contributed by atoms with Gasteiger partial charge in [0.2, 0.25) is 5.91 Å². The smallest absolute Gasteiger partial charge is 0.227 e. The van der Waals surface area contributed by atoms with Crippen LogP contribution in [0.3, 0.4) is 0 Å². The van der Waals surface area contributed by atoms with E-state index in [0.717, 1.165) is 25.1 Å². The van der Waals surface area contributed by atoms with Crippen LogP contribution < -0.4 is 0 Å². The monoisotopic (exact) mass is 337 g/mol. The molecule has 1 aromatic heterocycles. The average molecular weight is 337 g/mol. The fourth-order valence-electron chi connectivity index (χ4n) is 3.92. The zero-order valence-corrected chi connectivity index (χ0v) is 14.2. The van der Waals surface area contributed by atoms with Gasteiger partial charge in [0.05, 0.1) is 18.6 Å². The van der Waals surface area contributed by atoms with Crippen LogP contribution in [0.2, 0.25) is 0 Å². The van der Waals surface area contributed by atoms with E-state index in [9.17, 15) is 9.90 Å². The number of pyridine rings is 1. The highest BCUT2D eigenvalue weighted by Gasteiger charge is 2.38. The van der Waals surface area contributed by atoms with Gasteiger partial charge in [0.15, 0.2) is 0 Å². The maximum absolute atomic E-state index is 12.6. The van der Waals surface area contributed by atoms with E-state index in [-0.39, 0.29) is 11.9 Å². The first-order valence-electron chi connectivity index (χ1n) is 8.86. The van der Waals surface area contributed by atoms with Gasteiger partial charge in [-0.3, -0.25) is 14.7 Å². The highest BCUT2D eigenvalue weighted by Crippen LogP contribution is 2.25. The minimum atomic E-state index is -0.483. The van der Waals surface area contributed by atoms with Gasteiger partial charge < -0.3 is 10.0 Å². The molecule has 3 heterocycles. The maximum atomic E-state index is 12.6. The zero-order valence-electron chi connectivity index (χ0n) is 14.2. The van der Waals surface area contributed by atoms with Gasteiger partial charge in [-0.2, -0.15) is 0 Å². The molecule has 2 aliphatic heterocycles. The van der Waals surface area contributed by atoms with Crippen molar-refractivity contribution in [3.8, 4) is 0 Å². The standard InChI is InChI=1S/C20H23N3O2/c24-19-14-23(20(25)10-15-4-3-8-21-11-15)13-18(19)22-9-7-16-5-1-2-6-17(16)12-22/h1-6,8,11,18-19,24H,7,9-10,12-14H2/t18-,19-/m1/s1. The lowest BCUT2D eigenvalue weighted by Crippen LogP contribution is -2.45. The molecule has 5 heteroatoms. The molecule has 2 aliphatic rings. The molecule has 0 spiro atoms. The average Bonchev–Trinajstić information content (AvgIpc) is 3.04. The molecular weight excluding hydrogens is 314 g/mol. The number of aliphatic hydroxyl groups excluding tert-OH is 1. The molecule has 5 nitrogen and oxygen atoms in total. The van der Waals surface area contributed by atoms with Crippen LogP contribution in [-0.2, 0) is 24.2 Å². The SMILES string of the molecule is O=C(Cc1cccnc1)N1C[C@@H](O)[C@H](N2CCc3ccccc3C2)C1. The number of amides is 1. The Morgan fingerprint density at radius 3 is 2.80 bits per heavy atom. The Hall–Kier alpha value is -2.24. The highest BCUT2D eigenvalue weighted by atomic mass is 16.3. The normalized spacial score (nSPS) is 23.5. The molecule has 25 heavy (non-hydrogen) atoms. The quantitative estimate of drug-likeness (QED) is 0.916. The number of carbonyl (C=O) groups excluding carboxylic acids is 1. The van der Waals surface area contributed by atoms with Gasteiger partial charge >= 0.3 is 0 Å². The summed E-state index contributed by atoms with van der Waals surface area (Å²) in [6.45, 7) is 2.80. The van der Waals surface area contributed by atoms with E-state index in [1.807, 2.05) is 12.1 Å². The van der Waals surface area contributed by atoms with Crippen molar-refractivity contribution in [3.05, 3.63) is 65.5 Å². The molecule has 4 rings (SSSR count). The molecule has 0 aliphatic carbocycles. The van der Waals surface area contributed by atoms with E-state index in [1.54, 1.807) is 17.3 Å². The lowest BCUT2D eigenvalue weighted by atomic mass is 9.98. The molecule has 0 radical (unpaired) electrons. The van der Waals surface area contributed by atoms with Gasteiger partial charge in [-0.1, -0.05) is 30.3 Å². The number of benzene rings is 1. The Balaban J connectivity index is 1.41. The second-order valence-electron chi connectivity index (χ2n) is 6.96. The van der Waals surface area contributed by atoms with Crippen molar-refractivity contribution >= 4 is 5.91 Å². The molecule has 1 aromatic carbocycles. The predicted molar refractivity (Wildman–Crippen MR) is 94.9 cm³/mol. The third-order valence-corrected chi connectivity index (χ3v) is 5.32. The first-order chi connectivity index (χ1) is 12.2. The topological polar surface area (TPSA) is 56.7 Å². The van der Waals surface area contributed by atoms with Crippen molar-refractivity contribution in [2.75, 3.05) is 19.6 Å². The fraction of sp³-hybridized carbons (Fsp3) is 0.400. The van der Waals surface area contributed by atoms with Gasteiger partial charge in [0.1, 0.15) is 0 Å². The van der Waals surface area contributed by atoms with E-state index in [2.05, 4.69) is 34.1 Å². The molecule has 0 bridgehead atoms. The molecule has 0 saturated carbocycles. The van der Waals surface area contributed by atoms with Crippen LogP contribution in [0.25, 0.3) is 0 Å². The van der Waals surface area contributed by atoms with Crippen molar-refractivity contribution in [2.24, 2.45) is 0 Å². The number of hydrogen-bond donors (Lipinski definition) is 1. The fourth-order valence-corrected chi connectivity index (χ4v) is 3.92. The van der Waals surface area contributed by atoms with Crippen molar-refractivity contribution in [1.29, 1.82) is 0 Å². The summed E-state index contributed by atoms with van der Waals surface area (Å²) in [6.07, 6.45) is 4.29. The van der Waals surface area contributed by atoms with Crippen LogP contribution in [0.4, 0.5) is 0 Å². The van der Waals surface area contributed by atoms with Crippen molar-refractivity contribution in [2.45, 2.75) is 31.5 Å². The molecule has 2 atom stereocenters. The third kappa shape index (κ3) is 3.43. The summed E-state index contributed by atoms with van der Waals surface area (Å²) < 4.78 is 0. The third-order valence-electron chi connectivity index (χ3n) is 5.32. The molecule has 0 unspecified atom stereocenters. The summed E-state index contributed by atoms with van der Waals surface area (Å²) in [6, 6.07) is 12.3. The van der Waals surface area contributed by atoms with Gasteiger partial charge in [-0.15, -0.1) is 0 Å². The van der Waals surface area contributed by atoms with Crippen molar-refractivity contribution in [3.63, 3.8) is 0 Å². The van der Waals surface area contributed by atoms with Gasteiger partial charge in [0.25, 0.3) is 0 Å². The van der Waals surface area contributed by atoms with E-state index in [1.165, 1.54) is 11.1 Å². The van der Waals surface area contributed by atoms with E-state index >= 15 is 0 Å². The number of aliphatic hydroxyl groups is 1. The highest BCUT2D eigenvalue weighted by molar-refractivity contribution is 5.79. The molecule has 2 aromatic rings. The van der Waals surface area contributed by atoms with Crippen LogP contribution in [0.1, 0.15) is 16.7 Å². The Kier molecular flexibility index (Phi) is 4.51. The van der Waals surface area contributed by atoms with Crippen LogP contribution in [0, 0.1) is 0 Å². The first kappa shape index (κ1) is 16.2. The second-order valence-corrected chi connectivity index (χ2v) is 6.96. The van der Waals surface area contributed by atoms with E-state index in [4.69, 9.17) is 0 Å². The molecular formula is C20H23N3O2. The lowest BCUT2D eigenvalue weighted by Gasteiger charge is -2.34. The van der Waals surface area contributed by atoms with E-state index in [0.29, 0.717) is 19.5 Å². The number of β-amino-alcohol motifs (C(OH)–C–C–N with tert-alkyl or cyclic N) is 1. The van der Waals surface area contributed by atoms with Gasteiger partial charge in [-0.05, 0) is 29.2 Å². The molecule has 1 amide bonds. The second kappa shape index (κ2) is 6.94. The Morgan fingerprint density at radius 1 is 1.16 bits per heavy atom. The molecule has 1 saturated heterocycles. The van der Waals surface area contributed by atoms with Crippen LogP contribution in [-0.4, -0.2) is 57.6 Å². The number of aromatic nitrogens is 1. The predicted octanol–water partition coefficient (Wildman–Crippen LogP) is 1.25. The zero-order chi connectivity index (χ0) is 17.2. The first-order valence-corrected chi connectivity index (χ1v) is 8.86.